The smallest absolute Gasteiger partial charge is 0.386 e. The van der Waals surface area contributed by atoms with Crippen LogP contribution in [0.3, 0.4) is 0 Å². The van der Waals surface area contributed by atoms with Gasteiger partial charge in [-0.15, -0.1) is 0 Å². The van der Waals surface area contributed by atoms with Crippen LogP contribution in [0.1, 0.15) is 30.9 Å². The van der Waals surface area contributed by atoms with Gasteiger partial charge >= 0.3 is 6.18 Å². The van der Waals surface area contributed by atoms with Gasteiger partial charge in [0.15, 0.2) is 5.82 Å². The minimum Gasteiger partial charge on any atom is -0.386 e. The summed E-state index contributed by atoms with van der Waals surface area (Å²) in [5.74, 6) is -0.898. The van der Waals surface area contributed by atoms with E-state index in [1.54, 1.807) is 0 Å². The molecule has 14 heteroatoms. The molecule has 0 amide bonds. The predicted molar refractivity (Wildman–Crippen MR) is 126 cm³/mol. The van der Waals surface area contributed by atoms with E-state index in [0.717, 1.165) is 18.5 Å². The zero-order valence-corrected chi connectivity index (χ0v) is 19.5. The van der Waals surface area contributed by atoms with Gasteiger partial charge in [-0.1, -0.05) is 0 Å². The summed E-state index contributed by atoms with van der Waals surface area (Å²) >= 11 is 0. The molecule has 0 radical (unpaired) electrons. The number of fused-ring (bicyclic) bond motifs is 3. The molecule has 2 aliphatic heterocycles. The van der Waals surface area contributed by atoms with E-state index in [-0.39, 0.29) is 46.8 Å². The van der Waals surface area contributed by atoms with Crippen molar-refractivity contribution in [2.24, 2.45) is 10.7 Å². The highest BCUT2D eigenvalue weighted by atomic mass is 32.3. The molecule has 1 saturated heterocycles. The van der Waals surface area contributed by atoms with E-state index < -0.39 is 50.4 Å². The first-order valence-corrected chi connectivity index (χ1v) is 12.4. The van der Waals surface area contributed by atoms with Crippen LogP contribution >= 0.6 is 10.6 Å². The van der Waals surface area contributed by atoms with Gasteiger partial charge in [-0.2, -0.15) is 23.8 Å². The number of benzene rings is 1. The van der Waals surface area contributed by atoms with E-state index in [1.165, 1.54) is 19.1 Å². The molecule has 192 valence electrons. The van der Waals surface area contributed by atoms with Crippen LogP contribution in [0.4, 0.5) is 33.5 Å². The molecule has 4 heterocycles. The molecular formula is C22H21F5N6O2S. The summed E-state index contributed by atoms with van der Waals surface area (Å²) in [6.45, 7) is 0.417. The molecule has 0 unspecified atom stereocenters. The molecule has 2 aliphatic rings. The van der Waals surface area contributed by atoms with Crippen LogP contribution in [0, 0.1) is 5.82 Å². The number of nitrogens with one attached hydrogen (secondary N) is 1. The van der Waals surface area contributed by atoms with Crippen molar-refractivity contribution >= 4 is 39.0 Å². The number of pyridine rings is 1. The zero-order chi connectivity index (χ0) is 26.1. The summed E-state index contributed by atoms with van der Waals surface area (Å²) < 4.78 is 88.5. The Morgan fingerprint density at radius 1 is 1.19 bits per heavy atom. The Labute approximate surface area is 203 Å². The van der Waals surface area contributed by atoms with Crippen LogP contribution in [0.15, 0.2) is 41.8 Å². The fraction of sp³-hybridized carbons (Fsp3) is 0.364. The van der Waals surface area contributed by atoms with Crippen molar-refractivity contribution in [2.45, 2.75) is 41.5 Å². The lowest BCUT2D eigenvalue weighted by atomic mass is 9.86. The highest BCUT2D eigenvalue weighted by molar-refractivity contribution is 8.26. The standard InChI is InChI=1S/C22H21F5N6O2S/c1-20(16-4-5-21(9-23,19(28)33-20)36(16,34)35)13-7-12(2-3-14(13)24)32-18-17-15(30-10-31-18)6-11(8-29-17)22(25,26)27/h2-3,6-8,10,16,34-35H,4-5,9H2,1H3,(H2,28,33)(H,30,31,32)/t16-,20+,21-/m0/s1. The Kier molecular flexibility index (Phi) is 5.43. The first-order valence-electron chi connectivity index (χ1n) is 10.8. The predicted octanol–water partition coefficient (Wildman–Crippen LogP) is 5.13. The number of aliphatic imine (C=N–C) groups is 1. The third-order valence-electron chi connectivity index (χ3n) is 7.02. The number of aromatic nitrogens is 3. The van der Waals surface area contributed by atoms with Crippen LogP contribution in [-0.4, -0.2) is 46.6 Å². The Bertz CT molecular complexity index is 1400. The van der Waals surface area contributed by atoms with E-state index in [4.69, 9.17) is 5.73 Å². The molecule has 0 saturated carbocycles. The summed E-state index contributed by atoms with van der Waals surface area (Å²) in [7, 11) is -3.62. The van der Waals surface area contributed by atoms with Gasteiger partial charge in [0, 0.05) is 17.4 Å². The molecule has 3 atom stereocenters. The second-order valence-electron chi connectivity index (χ2n) is 9.02. The van der Waals surface area contributed by atoms with Gasteiger partial charge in [0.2, 0.25) is 0 Å². The van der Waals surface area contributed by atoms with Crippen molar-refractivity contribution in [2.75, 3.05) is 12.0 Å². The van der Waals surface area contributed by atoms with Crippen LogP contribution in [0.25, 0.3) is 11.0 Å². The van der Waals surface area contributed by atoms with Gasteiger partial charge in [0.05, 0.1) is 16.3 Å². The molecule has 0 spiro atoms. The van der Waals surface area contributed by atoms with Crippen molar-refractivity contribution in [3.05, 3.63) is 53.7 Å². The number of hydrogen-bond donors (Lipinski definition) is 4. The van der Waals surface area contributed by atoms with Crippen molar-refractivity contribution in [3.63, 3.8) is 0 Å². The fourth-order valence-electron chi connectivity index (χ4n) is 5.03. The number of hydrogen-bond acceptors (Lipinski definition) is 8. The number of nitrogens with two attached hydrogens (primary N) is 1. The van der Waals surface area contributed by atoms with Crippen LogP contribution in [0.5, 0.6) is 0 Å². The maximum absolute atomic E-state index is 15.1. The summed E-state index contributed by atoms with van der Waals surface area (Å²) in [5, 5.41) is 1.93. The molecule has 0 aliphatic carbocycles. The molecule has 3 aromatic rings. The average molecular weight is 529 g/mol. The SMILES string of the molecule is C[C@]1(c2cc(Nc3ncnc4cc(C(F)(F)F)cnc34)ccc2F)N=C(N)[C@@]2(CF)CC[C@@H]1S2(O)O. The first-order chi connectivity index (χ1) is 16.8. The van der Waals surface area contributed by atoms with Gasteiger partial charge in [-0.05, 0) is 44.0 Å². The maximum atomic E-state index is 15.1. The molecule has 1 aromatic carbocycles. The molecule has 2 aromatic heterocycles. The molecule has 8 nitrogen and oxygen atoms in total. The lowest BCUT2D eigenvalue weighted by Gasteiger charge is -2.54. The monoisotopic (exact) mass is 528 g/mol. The quantitative estimate of drug-likeness (QED) is 0.345. The first kappa shape index (κ1) is 24.6. The summed E-state index contributed by atoms with van der Waals surface area (Å²) in [6.07, 6.45) is -2.63. The Morgan fingerprint density at radius 3 is 2.64 bits per heavy atom. The van der Waals surface area contributed by atoms with Crippen LogP contribution in [0.2, 0.25) is 0 Å². The van der Waals surface area contributed by atoms with Crippen molar-refractivity contribution < 1.29 is 31.1 Å². The highest BCUT2D eigenvalue weighted by Crippen LogP contribution is 2.71. The lowest BCUT2D eigenvalue weighted by molar-refractivity contribution is -0.137. The Morgan fingerprint density at radius 2 is 1.94 bits per heavy atom. The number of rotatable bonds is 4. The summed E-state index contributed by atoms with van der Waals surface area (Å²) in [4.78, 5) is 16.1. The number of anilines is 2. The van der Waals surface area contributed by atoms with E-state index in [1.807, 2.05) is 0 Å². The van der Waals surface area contributed by atoms with E-state index >= 15 is 4.39 Å². The van der Waals surface area contributed by atoms with Gasteiger partial charge < -0.3 is 11.1 Å². The minimum absolute atomic E-state index is 0.0135. The number of alkyl halides is 4. The summed E-state index contributed by atoms with van der Waals surface area (Å²) in [5.41, 5.74) is 3.83. The number of nitrogens with zero attached hydrogens (tertiary/aromatic N) is 4. The van der Waals surface area contributed by atoms with Gasteiger partial charge in [-0.3, -0.25) is 19.1 Å². The van der Waals surface area contributed by atoms with E-state index in [9.17, 15) is 26.7 Å². The van der Waals surface area contributed by atoms with Gasteiger partial charge in [0.1, 0.15) is 40.5 Å². The largest absolute Gasteiger partial charge is 0.417 e. The summed E-state index contributed by atoms with van der Waals surface area (Å²) in [6, 6.07) is 4.72. The number of halogens is 5. The minimum atomic E-state index is -4.60. The van der Waals surface area contributed by atoms with Gasteiger partial charge in [-0.25, -0.2) is 18.7 Å². The van der Waals surface area contributed by atoms with Crippen LogP contribution < -0.4 is 11.1 Å². The molecule has 5 rings (SSSR count). The molecule has 36 heavy (non-hydrogen) atoms. The molecular weight excluding hydrogens is 507 g/mol. The maximum Gasteiger partial charge on any atom is 0.417 e. The second kappa shape index (κ2) is 7.95. The number of amidine groups is 1. The third-order valence-corrected chi connectivity index (χ3v) is 10.2. The van der Waals surface area contributed by atoms with Crippen LogP contribution in [-0.2, 0) is 11.7 Å². The van der Waals surface area contributed by atoms with Gasteiger partial charge in [0.25, 0.3) is 0 Å². The van der Waals surface area contributed by atoms with Crippen molar-refractivity contribution in [1.82, 2.24) is 15.0 Å². The molecule has 2 bridgehead atoms. The molecule has 5 N–H and O–H groups in total. The topological polar surface area (TPSA) is 130 Å². The normalized spacial score (nSPS) is 28.1. The van der Waals surface area contributed by atoms with E-state index in [2.05, 4.69) is 25.3 Å². The lowest BCUT2D eigenvalue weighted by Crippen LogP contribution is -2.55. The average Bonchev–Trinajstić information content (AvgIpc) is 3.02. The van der Waals surface area contributed by atoms with E-state index in [0.29, 0.717) is 6.20 Å². The Balaban J connectivity index is 1.56. The molecule has 1 fully saturated rings. The Hall–Kier alpha value is -3.10. The highest BCUT2D eigenvalue weighted by Gasteiger charge is 2.65. The fourth-order valence-corrected chi connectivity index (χ4v) is 7.77. The van der Waals surface area contributed by atoms with Crippen molar-refractivity contribution in [3.8, 4) is 0 Å². The van der Waals surface area contributed by atoms with Crippen molar-refractivity contribution in [1.29, 1.82) is 0 Å². The zero-order valence-electron chi connectivity index (χ0n) is 18.7. The third kappa shape index (κ3) is 3.42. The second-order valence-corrected chi connectivity index (χ2v) is 11.6.